The molecule has 2 rings (SSSR count). The van der Waals surface area contributed by atoms with E-state index in [4.69, 9.17) is 4.74 Å². The maximum atomic E-state index is 12.1. The van der Waals surface area contributed by atoms with Gasteiger partial charge in [0.1, 0.15) is 12.4 Å². The number of carbonyl (C=O) groups excluding carboxylic acids is 2. The Hall–Kier alpha value is -2.52. The van der Waals surface area contributed by atoms with Gasteiger partial charge in [-0.15, -0.1) is 0 Å². The Morgan fingerprint density at radius 1 is 1.22 bits per heavy atom. The van der Waals surface area contributed by atoms with Crippen LogP contribution in [0.15, 0.2) is 35.5 Å². The van der Waals surface area contributed by atoms with Gasteiger partial charge in [0, 0.05) is 18.8 Å². The molecule has 1 aromatic carbocycles. The van der Waals surface area contributed by atoms with E-state index in [-0.39, 0.29) is 10.8 Å². The molecule has 0 saturated heterocycles. The Bertz CT molecular complexity index is 911. The summed E-state index contributed by atoms with van der Waals surface area (Å²) in [5, 5.41) is -0.184. The van der Waals surface area contributed by atoms with Crippen LogP contribution in [0.4, 0.5) is 0 Å². The van der Waals surface area contributed by atoms with E-state index in [0.717, 1.165) is 5.56 Å². The summed E-state index contributed by atoms with van der Waals surface area (Å²) in [7, 11) is -2.27. The van der Waals surface area contributed by atoms with Crippen molar-refractivity contribution in [3.63, 3.8) is 0 Å². The summed E-state index contributed by atoms with van der Waals surface area (Å²) in [6, 6.07) is 7.06. The van der Waals surface area contributed by atoms with Crippen LogP contribution in [0.2, 0.25) is 0 Å². The molecule has 1 N–H and O–H groups in total. The molecule has 0 aliphatic rings. The fourth-order valence-electron chi connectivity index (χ4n) is 2.22. The maximum Gasteiger partial charge on any atom is 0.321 e. The summed E-state index contributed by atoms with van der Waals surface area (Å²) >= 11 is 0. The number of nitrogens with zero attached hydrogens (tertiary/aromatic N) is 2. The third-order valence-corrected chi connectivity index (χ3v) is 5.30. The number of imidazole rings is 1. The van der Waals surface area contributed by atoms with Gasteiger partial charge in [-0.25, -0.2) is 13.4 Å². The number of esters is 1. The molecule has 1 heterocycles. The van der Waals surface area contributed by atoms with Gasteiger partial charge in [0.15, 0.2) is 17.4 Å². The first-order valence-corrected chi connectivity index (χ1v) is 9.87. The summed E-state index contributed by atoms with van der Waals surface area (Å²) in [6.07, 6.45) is 1.34. The molecule has 9 heteroatoms. The smallest absolute Gasteiger partial charge is 0.321 e. The Morgan fingerprint density at radius 3 is 2.37 bits per heavy atom. The summed E-state index contributed by atoms with van der Waals surface area (Å²) in [5.41, 5.74) is 1.53. The van der Waals surface area contributed by atoms with E-state index in [1.54, 1.807) is 30.7 Å². The van der Waals surface area contributed by atoms with Crippen LogP contribution in [-0.2, 0) is 26.6 Å². The lowest BCUT2D eigenvalue weighted by Crippen LogP contribution is -2.31. The van der Waals surface area contributed by atoms with Crippen molar-refractivity contribution in [2.24, 2.45) is 7.05 Å². The fourth-order valence-corrected chi connectivity index (χ4v) is 3.22. The molecule has 0 aliphatic heterocycles. The van der Waals surface area contributed by atoms with Crippen LogP contribution < -0.4 is 4.72 Å². The number of nitrogens with one attached hydrogen (secondary N) is 1. The summed E-state index contributed by atoms with van der Waals surface area (Å²) in [6.45, 7) is 4.71. The van der Waals surface area contributed by atoms with Crippen LogP contribution in [0.3, 0.4) is 0 Å². The van der Waals surface area contributed by atoms with Gasteiger partial charge < -0.3 is 9.30 Å². The highest BCUT2D eigenvalue weighted by Gasteiger charge is 2.20. The van der Waals surface area contributed by atoms with E-state index in [9.17, 15) is 18.0 Å². The fraction of sp³-hybridized carbons (Fsp3) is 0.389. The first kappa shape index (κ1) is 20.8. The number of ether oxygens (including phenoxy) is 1. The average Bonchev–Trinajstić information content (AvgIpc) is 2.98. The minimum atomic E-state index is -3.93. The number of benzene rings is 1. The van der Waals surface area contributed by atoms with Crippen molar-refractivity contribution in [3.8, 4) is 0 Å². The van der Waals surface area contributed by atoms with Gasteiger partial charge in [-0.1, -0.05) is 38.1 Å². The van der Waals surface area contributed by atoms with Gasteiger partial charge in [-0.2, -0.15) is 4.72 Å². The zero-order valence-corrected chi connectivity index (χ0v) is 16.5. The van der Waals surface area contributed by atoms with E-state index in [0.29, 0.717) is 17.3 Å². The second kappa shape index (κ2) is 8.45. The largest absolute Gasteiger partial charge is 0.456 e. The van der Waals surface area contributed by atoms with Gasteiger partial charge in [0.05, 0.1) is 0 Å². The highest BCUT2D eigenvalue weighted by Crippen LogP contribution is 2.15. The van der Waals surface area contributed by atoms with Gasteiger partial charge in [-0.05, 0) is 18.4 Å². The van der Waals surface area contributed by atoms with Crippen LogP contribution in [-0.4, -0.2) is 42.9 Å². The lowest BCUT2D eigenvalue weighted by molar-refractivity contribution is -0.141. The van der Waals surface area contributed by atoms with Gasteiger partial charge in [0.2, 0.25) is 0 Å². The average molecular weight is 393 g/mol. The number of hydrogen-bond donors (Lipinski definition) is 1. The van der Waals surface area contributed by atoms with Crippen LogP contribution in [0, 0.1) is 6.92 Å². The molecule has 0 unspecified atom stereocenters. The molecule has 0 radical (unpaired) electrons. The molecule has 0 saturated carbocycles. The van der Waals surface area contributed by atoms with E-state index < -0.39 is 29.1 Å². The number of Topliss-reactive ketones (excluding diaryl/α,β-unsaturated/α-hetero) is 1. The van der Waals surface area contributed by atoms with Crippen LogP contribution >= 0.6 is 0 Å². The molecular formula is C18H23N3O5S. The Labute approximate surface area is 158 Å². The molecule has 2 aromatic rings. The molecule has 0 bridgehead atoms. The molecule has 0 spiro atoms. The highest BCUT2D eigenvalue weighted by molar-refractivity contribution is 7.89. The summed E-state index contributed by atoms with van der Waals surface area (Å²) in [4.78, 5) is 27.7. The number of hydrogen-bond acceptors (Lipinski definition) is 6. The minimum Gasteiger partial charge on any atom is -0.456 e. The second-order valence-corrected chi connectivity index (χ2v) is 8.14. The normalized spacial score (nSPS) is 11.6. The molecular weight excluding hydrogens is 370 g/mol. The molecule has 0 atom stereocenters. The number of ketones is 1. The minimum absolute atomic E-state index is 0.184. The Kier molecular flexibility index (Phi) is 6.50. The van der Waals surface area contributed by atoms with E-state index in [2.05, 4.69) is 9.71 Å². The zero-order chi connectivity index (χ0) is 20.2. The monoisotopic (exact) mass is 393 g/mol. The third kappa shape index (κ3) is 5.48. The lowest BCUT2D eigenvalue weighted by atomic mass is 10.0. The Morgan fingerprint density at radius 2 is 1.85 bits per heavy atom. The van der Waals surface area contributed by atoms with Crippen LogP contribution in [0.1, 0.15) is 41.5 Å². The van der Waals surface area contributed by atoms with Gasteiger partial charge in [0.25, 0.3) is 10.0 Å². The van der Waals surface area contributed by atoms with Crippen molar-refractivity contribution < 1.29 is 22.7 Å². The van der Waals surface area contributed by atoms with Crippen LogP contribution in [0.25, 0.3) is 0 Å². The van der Waals surface area contributed by atoms with Gasteiger partial charge in [-0.3, -0.25) is 9.59 Å². The number of aromatic nitrogens is 2. The summed E-state index contributed by atoms with van der Waals surface area (Å²) in [5.74, 6) is -0.338. The van der Waals surface area contributed by atoms with E-state index in [1.165, 1.54) is 6.20 Å². The molecule has 0 fully saturated rings. The second-order valence-electron chi connectivity index (χ2n) is 6.42. The molecule has 1 aromatic heterocycles. The van der Waals surface area contributed by atoms with Crippen LogP contribution in [0.5, 0.6) is 0 Å². The quantitative estimate of drug-likeness (QED) is 0.539. The molecule has 27 heavy (non-hydrogen) atoms. The van der Waals surface area contributed by atoms with Crippen molar-refractivity contribution in [1.82, 2.24) is 14.3 Å². The number of carbonyl (C=O) groups is 2. The maximum absolute atomic E-state index is 12.1. The molecule has 146 valence electrons. The van der Waals surface area contributed by atoms with Crippen molar-refractivity contribution in [3.05, 3.63) is 47.4 Å². The highest BCUT2D eigenvalue weighted by atomic mass is 32.2. The van der Waals surface area contributed by atoms with Crippen molar-refractivity contribution in [1.29, 1.82) is 0 Å². The predicted molar refractivity (Wildman–Crippen MR) is 99.0 cm³/mol. The predicted octanol–water partition coefficient (Wildman–Crippen LogP) is 1.56. The third-order valence-electron chi connectivity index (χ3n) is 4.03. The van der Waals surface area contributed by atoms with Gasteiger partial charge >= 0.3 is 5.97 Å². The Balaban J connectivity index is 1.86. The number of rotatable bonds is 8. The first-order chi connectivity index (χ1) is 12.6. The van der Waals surface area contributed by atoms with Crippen molar-refractivity contribution in [2.75, 3.05) is 13.2 Å². The number of sulfonamides is 1. The van der Waals surface area contributed by atoms with Crippen molar-refractivity contribution in [2.45, 2.75) is 31.7 Å². The molecule has 0 aliphatic carbocycles. The SMILES string of the molecule is Cc1nc(S(=O)(=O)NCC(=O)OCC(=O)c2ccc(C(C)C)cc2)cn1C. The standard InChI is InChI=1S/C18H23N3O5S/c1-12(2)14-5-7-15(8-6-14)16(22)11-26-18(23)9-19-27(24,25)17-10-21(4)13(3)20-17/h5-8,10,12,19H,9,11H2,1-4H3. The zero-order valence-electron chi connectivity index (χ0n) is 15.7. The van der Waals surface area contributed by atoms with E-state index in [1.807, 2.05) is 26.0 Å². The summed E-state index contributed by atoms with van der Waals surface area (Å²) < 4.78 is 32.7. The first-order valence-electron chi connectivity index (χ1n) is 8.38. The molecule has 8 nitrogen and oxygen atoms in total. The topological polar surface area (TPSA) is 107 Å². The van der Waals surface area contributed by atoms with Crippen molar-refractivity contribution >= 4 is 21.8 Å². The van der Waals surface area contributed by atoms with E-state index >= 15 is 0 Å². The lowest BCUT2D eigenvalue weighted by Gasteiger charge is -2.08. The number of aryl methyl sites for hydroxylation is 2. The molecule has 0 amide bonds.